The van der Waals surface area contributed by atoms with Gasteiger partial charge >= 0.3 is 0 Å². The molecule has 0 saturated heterocycles. The van der Waals surface area contributed by atoms with E-state index in [1.54, 1.807) is 0 Å². The third kappa shape index (κ3) is 5.16. The van der Waals surface area contributed by atoms with Crippen molar-refractivity contribution in [1.29, 1.82) is 0 Å². The maximum Gasteiger partial charge on any atom is 0.251 e. The average Bonchev–Trinajstić information content (AvgIpc) is 2.36. The quantitative estimate of drug-likeness (QED) is 0.872. The number of benzene rings is 1. The molecule has 1 atom stereocenters. The van der Waals surface area contributed by atoms with Gasteiger partial charge in [-0.1, -0.05) is 46.8 Å². The van der Waals surface area contributed by atoms with Crippen molar-refractivity contribution in [3.63, 3.8) is 0 Å². The molecule has 0 spiro atoms. The van der Waals surface area contributed by atoms with Gasteiger partial charge in [0.05, 0.1) is 0 Å². The summed E-state index contributed by atoms with van der Waals surface area (Å²) < 4.78 is 0. The summed E-state index contributed by atoms with van der Waals surface area (Å²) in [5.41, 5.74) is 7.50. The normalized spacial score (nSPS) is 14.9. The first-order chi connectivity index (χ1) is 9.57. The van der Waals surface area contributed by atoms with Crippen molar-refractivity contribution in [1.82, 2.24) is 5.32 Å². The van der Waals surface area contributed by atoms with Crippen LogP contribution in [0.2, 0.25) is 0 Å². The SMILES string of the molecule is CC(C)CC(C)(CN)NC(=O)c1ccc(C(C)(C)C)cc1. The van der Waals surface area contributed by atoms with Gasteiger partial charge in [0, 0.05) is 17.6 Å². The Hall–Kier alpha value is -1.35. The number of hydrogen-bond donors (Lipinski definition) is 2. The van der Waals surface area contributed by atoms with Gasteiger partial charge in [-0.2, -0.15) is 0 Å². The van der Waals surface area contributed by atoms with Crippen LogP contribution >= 0.6 is 0 Å². The molecule has 1 aromatic rings. The van der Waals surface area contributed by atoms with Gasteiger partial charge in [-0.05, 0) is 42.4 Å². The summed E-state index contributed by atoms with van der Waals surface area (Å²) in [6, 6.07) is 7.83. The fourth-order valence-corrected chi connectivity index (χ4v) is 2.55. The van der Waals surface area contributed by atoms with E-state index in [-0.39, 0.29) is 16.9 Å². The molecule has 21 heavy (non-hydrogen) atoms. The Kier molecular flexibility index (Phi) is 5.57. The lowest BCUT2D eigenvalue weighted by Crippen LogP contribution is -2.52. The Bertz CT molecular complexity index is 471. The van der Waals surface area contributed by atoms with Gasteiger partial charge < -0.3 is 11.1 Å². The molecule has 1 aromatic carbocycles. The standard InChI is InChI=1S/C18H30N2O/c1-13(2)11-18(6,12-19)20-16(21)14-7-9-15(10-8-14)17(3,4)5/h7-10,13H,11-12,19H2,1-6H3,(H,20,21). The van der Waals surface area contributed by atoms with E-state index < -0.39 is 0 Å². The molecule has 0 fully saturated rings. The first kappa shape index (κ1) is 17.7. The summed E-state index contributed by atoms with van der Waals surface area (Å²) in [5.74, 6) is 0.436. The van der Waals surface area contributed by atoms with Gasteiger partial charge in [-0.15, -0.1) is 0 Å². The highest BCUT2D eigenvalue weighted by Gasteiger charge is 2.26. The largest absolute Gasteiger partial charge is 0.346 e. The molecule has 0 aliphatic heterocycles. The second-order valence-electron chi connectivity index (χ2n) is 7.64. The molecule has 1 rings (SSSR count). The summed E-state index contributed by atoms with van der Waals surface area (Å²) in [7, 11) is 0. The first-order valence-corrected chi connectivity index (χ1v) is 7.70. The van der Waals surface area contributed by atoms with Crippen LogP contribution in [0.25, 0.3) is 0 Å². The molecule has 0 saturated carbocycles. The lowest BCUT2D eigenvalue weighted by molar-refractivity contribution is 0.0898. The molecule has 3 heteroatoms. The monoisotopic (exact) mass is 290 g/mol. The zero-order valence-electron chi connectivity index (χ0n) is 14.3. The highest BCUT2D eigenvalue weighted by Crippen LogP contribution is 2.22. The van der Waals surface area contributed by atoms with E-state index in [9.17, 15) is 4.79 Å². The van der Waals surface area contributed by atoms with E-state index >= 15 is 0 Å². The van der Waals surface area contributed by atoms with Gasteiger partial charge in [-0.25, -0.2) is 0 Å². The maximum atomic E-state index is 12.4. The summed E-state index contributed by atoms with van der Waals surface area (Å²) in [6.07, 6.45) is 0.870. The van der Waals surface area contributed by atoms with E-state index in [4.69, 9.17) is 5.73 Å². The smallest absolute Gasteiger partial charge is 0.251 e. The van der Waals surface area contributed by atoms with Crippen molar-refractivity contribution < 1.29 is 4.79 Å². The highest BCUT2D eigenvalue weighted by atomic mass is 16.1. The summed E-state index contributed by atoms with van der Waals surface area (Å²) in [5, 5.41) is 3.08. The predicted molar refractivity (Wildman–Crippen MR) is 89.5 cm³/mol. The Morgan fingerprint density at radius 1 is 1.14 bits per heavy atom. The number of rotatable bonds is 5. The molecule has 0 aliphatic carbocycles. The van der Waals surface area contributed by atoms with Crippen molar-refractivity contribution in [3.05, 3.63) is 35.4 Å². The number of nitrogens with one attached hydrogen (secondary N) is 1. The zero-order chi connectivity index (χ0) is 16.3. The lowest BCUT2D eigenvalue weighted by atomic mass is 9.86. The topological polar surface area (TPSA) is 55.1 Å². The van der Waals surface area contributed by atoms with Crippen LogP contribution < -0.4 is 11.1 Å². The van der Waals surface area contributed by atoms with Gasteiger partial charge in [-0.3, -0.25) is 4.79 Å². The molecule has 1 unspecified atom stereocenters. The Balaban J connectivity index is 2.84. The molecule has 0 radical (unpaired) electrons. The van der Waals surface area contributed by atoms with Crippen LogP contribution in [0.5, 0.6) is 0 Å². The van der Waals surface area contributed by atoms with Crippen LogP contribution in [0.1, 0.15) is 63.9 Å². The Morgan fingerprint density at radius 3 is 2.05 bits per heavy atom. The molecular weight excluding hydrogens is 260 g/mol. The number of carbonyl (C=O) groups excluding carboxylic acids is 1. The first-order valence-electron chi connectivity index (χ1n) is 7.70. The van der Waals surface area contributed by atoms with Gasteiger partial charge in [0.1, 0.15) is 0 Å². The van der Waals surface area contributed by atoms with E-state index in [1.807, 2.05) is 31.2 Å². The average molecular weight is 290 g/mol. The van der Waals surface area contributed by atoms with E-state index in [0.717, 1.165) is 6.42 Å². The molecule has 0 heterocycles. The molecule has 118 valence electrons. The fourth-order valence-electron chi connectivity index (χ4n) is 2.55. The molecule has 1 amide bonds. The van der Waals surface area contributed by atoms with Crippen LogP contribution in [0.3, 0.4) is 0 Å². The number of carbonyl (C=O) groups is 1. The van der Waals surface area contributed by atoms with Gasteiger partial charge in [0.15, 0.2) is 0 Å². The molecule has 0 aliphatic rings. The fraction of sp³-hybridized carbons (Fsp3) is 0.611. The second-order valence-corrected chi connectivity index (χ2v) is 7.64. The number of hydrogen-bond acceptors (Lipinski definition) is 2. The van der Waals surface area contributed by atoms with Crippen LogP contribution in [-0.2, 0) is 5.41 Å². The Labute approximate surface area is 129 Å². The van der Waals surface area contributed by atoms with Crippen molar-refractivity contribution in [2.75, 3.05) is 6.54 Å². The second kappa shape index (κ2) is 6.61. The number of nitrogens with two attached hydrogens (primary N) is 1. The van der Waals surface area contributed by atoms with Crippen molar-refractivity contribution in [3.8, 4) is 0 Å². The van der Waals surface area contributed by atoms with Crippen molar-refractivity contribution >= 4 is 5.91 Å². The lowest BCUT2D eigenvalue weighted by Gasteiger charge is -2.31. The molecule has 0 aromatic heterocycles. The van der Waals surface area contributed by atoms with Crippen molar-refractivity contribution in [2.45, 2.75) is 58.9 Å². The van der Waals surface area contributed by atoms with Gasteiger partial charge in [0.25, 0.3) is 5.91 Å². The molecule has 3 N–H and O–H groups in total. The third-order valence-corrected chi connectivity index (χ3v) is 3.74. The van der Waals surface area contributed by atoms with E-state index in [0.29, 0.717) is 18.0 Å². The summed E-state index contributed by atoms with van der Waals surface area (Å²) in [6.45, 7) is 13.2. The van der Waals surface area contributed by atoms with Crippen LogP contribution in [-0.4, -0.2) is 18.0 Å². The van der Waals surface area contributed by atoms with E-state index in [2.05, 4.69) is 39.9 Å². The summed E-state index contributed by atoms with van der Waals surface area (Å²) >= 11 is 0. The van der Waals surface area contributed by atoms with Crippen LogP contribution in [0.4, 0.5) is 0 Å². The van der Waals surface area contributed by atoms with Crippen molar-refractivity contribution in [2.24, 2.45) is 11.7 Å². The molecule has 3 nitrogen and oxygen atoms in total. The third-order valence-electron chi connectivity index (χ3n) is 3.74. The van der Waals surface area contributed by atoms with E-state index in [1.165, 1.54) is 5.56 Å². The zero-order valence-corrected chi connectivity index (χ0v) is 14.3. The highest BCUT2D eigenvalue weighted by molar-refractivity contribution is 5.94. The molecule has 0 bridgehead atoms. The minimum Gasteiger partial charge on any atom is -0.346 e. The minimum atomic E-state index is -0.353. The number of amides is 1. The van der Waals surface area contributed by atoms with Gasteiger partial charge in [0.2, 0.25) is 0 Å². The predicted octanol–water partition coefficient (Wildman–Crippen LogP) is 3.48. The van der Waals surface area contributed by atoms with Crippen LogP contribution in [0, 0.1) is 5.92 Å². The minimum absolute atomic E-state index is 0.0518. The van der Waals surface area contributed by atoms with Crippen LogP contribution in [0.15, 0.2) is 24.3 Å². The summed E-state index contributed by atoms with van der Waals surface area (Å²) in [4.78, 5) is 12.4. The molecular formula is C18H30N2O. The maximum absolute atomic E-state index is 12.4. The Morgan fingerprint density at radius 2 is 1.67 bits per heavy atom.